The van der Waals surface area contributed by atoms with Crippen molar-refractivity contribution in [3.05, 3.63) is 51.7 Å². The van der Waals surface area contributed by atoms with Crippen LogP contribution in [0.15, 0.2) is 35.7 Å². The first-order valence-corrected chi connectivity index (χ1v) is 12.1. The van der Waals surface area contributed by atoms with Crippen molar-refractivity contribution in [2.24, 2.45) is 5.41 Å². The predicted molar refractivity (Wildman–Crippen MR) is 123 cm³/mol. The topological polar surface area (TPSA) is 32.7 Å². The van der Waals surface area contributed by atoms with E-state index in [0.717, 1.165) is 44.5 Å². The van der Waals surface area contributed by atoms with Gasteiger partial charge in [-0.25, -0.2) is 0 Å². The van der Waals surface area contributed by atoms with Crippen LogP contribution in [-0.4, -0.2) is 35.8 Å². The molecule has 2 aromatic rings. The first kappa shape index (κ1) is 22.3. The second kappa shape index (κ2) is 10.6. The molecule has 1 N–H and O–H groups in total. The van der Waals surface area contributed by atoms with Crippen molar-refractivity contribution in [1.82, 2.24) is 4.90 Å². The number of hydrogen-bond acceptors (Lipinski definition) is 4. The summed E-state index contributed by atoms with van der Waals surface area (Å²) in [5, 5.41) is 11.6. The van der Waals surface area contributed by atoms with Gasteiger partial charge in [0.05, 0.1) is 6.61 Å². The molecule has 2 atom stereocenters. The fraction of sp³-hybridized carbons (Fsp3) is 0.600. The van der Waals surface area contributed by atoms with Crippen molar-refractivity contribution >= 4 is 11.3 Å². The number of aliphatic hydroxyl groups is 1. The lowest BCUT2D eigenvalue weighted by Gasteiger charge is -2.36. The summed E-state index contributed by atoms with van der Waals surface area (Å²) in [4.78, 5) is 4.14. The zero-order valence-corrected chi connectivity index (χ0v) is 19.1. The number of hydrogen-bond donors (Lipinski definition) is 1. The lowest BCUT2D eigenvalue weighted by atomic mass is 9.85. The molecule has 0 amide bonds. The number of benzene rings is 1. The van der Waals surface area contributed by atoms with E-state index in [2.05, 4.69) is 61.4 Å². The standard InChI is InChI=1S/C25H37NO2S/c1-4-14-26(18-22-9-7-16-29-22)21-11-12-23-20(17-21)8-6-10-24(23)28-19-25(3,5-2)13-15-27/h6-10,16,21,27H,4-5,11-15,17-19H2,1-3H3. The molecule has 1 aromatic carbocycles. The average molecular weight is 416 g/mol. The van der Waals surface area contributed by atoms with Gasteiger partial charge in [0.25, 0.3) is 0 Å². The van der Waals surface area contributed by atoms with Crippen LogP contribution < -0.4 is 4.74 Å². The Labute approximate surface area is 180 Å². The first-order valence-electron chi connectivity index (χ1n) is 11.2. The highest BCUT2D eigenvalue weighted by molar-refractivity contribution is 7.09. The Bertz CT molecular complexity index is 745. The maximum atomic E-state index is 9.38. The van der Waals surface area contributed by atoms with Gasteiger partial charge in [-0.1, -0.05) is 39.0 Å². The molecule has 1 heterocycles. The number of ether oxygens (including phenoxy) is 1. The van der Waals surface area contributed by atoms with Crippen molar-refractivity contribution in [3.63, 3.8) is 0 Å². The second-order valence-electron chi connectivity index (χ2n) is 8.77. The van der Waals surface area contributed by atoms with Crippen LogP contribution in [-0.2, 0) is 19.4 Å². The minimum atomic E-state index is 0.0350. The molecule has 0 saturated heterocycles. The summed E-state index contributed by atoms with van der Waals surface area (Å²) < 4.78 is 6.32. The van der Waals surface area contributed by atoms with E-state index in [1.54, 1.807) is 0 Å². The molecule has 3 rings (SSSR count). The molecule has 1 aliphatic carbocycles. The van der Waals surface area contributed by atoms with E-state index >= 15 is 0 Å². The molecule has 2 unspecified atom stereocenters. The molecule has 0 aliphatic heterocycles. The zero-order chi connectivity index (χ0) is 20.7. The van der Waals surface area contributed by atoms with E-state index in [-0.39, 0.29) is 12.0 Å². The van der Waals surface area contributed by atoms with E-state index in [4.69, 9.17) is 4.74 Å². The van der Waals surface area contributed by atoms with Gasteiger partial charge < -0.3 is 9.84 Å². The normalized spacial score (nSPS) is 18.4. The third-order valence-electron chi connectivity index (χ3n) is 6.52. The first-order chi connectivity index (χ1) is 14.1. The highest BCUT2D eigenvalue weighted by Gasteiger charge is 2.27. The second-order valence-corrected chi connectivity index (χ2v) is 9.80. The molecule has 29 heavy (non-hydrogen) atoms. The lowest BCUT2D eigenvalue weighted by Crippen LogP contribution is -2.39. The monoisotopic (exact) mass is 415 g/mol. The van der Waals surface area contributed by atoms with Crippen LogP contribution in [0.2, 0.25) is 0 Å². The molecule has 1 aliphatic rings. The molecular weight excluding hydrogens is 378 g/mol. The van der Waals surface area contributed by atoms with Crippen molar-refractivity contribution in [3.8, 4) is 5.75 Å². The molecule has 3 nitrogen and oxygen atoms in total. The van der Waals surface area contributed by atoms with E-state index < -0.39 is 0 Å². The fourth-order valence-corrected chi connectivity index (χ4v) is 5.08. The van der Waals surface area contributed by atoms with Crippen LogP contribution in [0.25, 0.3) is 0 Å². The van der Waals surface area contributed by atoms with Crippen LogP contribution in [0, 0.1) is 5.41 Å². The van der Waals surface area contributed by atoms with Crippen LogP contribution in [0.1, 0.15) is 62.5 Å². The molecule has 1 aromatic heterocycles. The number of aliphatic hydroxyl groups excluding tert-OH is 1. The zero-order valence-electron chi connectivity index (χ0n) is 18.3. The number of rotatable bonds is 11. The lowest BCUT2D eigenvalue weighted by molar-refractivity contribution is 0.115. The minimum absolute atomic E-state index is 0.0350. The van der Waals surface area contributed by atoms with Gasteiger partial charge in [-0.2, -0.15) is 0 Å². The maximum Gasteiger partial charge on any atom is 0.122 e. The van der Waals surface area contributed by atoms with Gasteiger partial charge in [-0.05, 0) is 73.7 Å². The molecular formula is C25H37NO2S. The van der Waals surface area contributed by atoms with Crippen LogP contribution in [0.4, 0.5) is 0 Å². The van der Waals surface area contributed by atoms with Gasteiger partial charge in [0.15, 0.2) is 0 Å². The number of nitrogens with zero attached hydrogens (tertiary/aromatic N) is 1. The smallest absolute Gasteiger partial charge is 0.122 e. The Morgan fingerprint density at radius 3 is 2.79 bits per heavy atom. The molecule has 0 saturated carbocycles. The average Bonchev–Trinajstić information content (AvgIpc) is 3.25. The van der Waals surface area contributed by atoms with Crippen LogP contribution in [0.5, 0.6) is 5.75 Å². The van der Waals surface area contributed by atoms with Gasteiger partial charge in [0.1, 0.15) is 5.75 Å². The van der Waals surface area contributed by atoms with E-state index in [9.17, 15) is 5.11 Å². The third kappa shape index (κ3) is 5.84. The Morgan fingerprint density at radius 1 is 1.24 bits per heavy atom. The Hall–Kier alpha value is -1.36. The van der Waals surface area contributed by atoms with Gasteiger partial charge >= 0.3 is 0 Å². The van der Waals surface area contributed by atoms with Gasteiger partial charge in [-0.15, -0.1) is 11.3 Å². The van der Waals surface area contributed by atoms with Crippen molar-refractivity contribution in [1.29, 1.82) is 0 Å². The largest absolute Gasteiger partial charge is 0.493 e. The molecule has 4 heteroatoms. The molecule has 160 valence electrons. The molecule has 0 spiro atoms. The summed E-state index contributed by atoms with van der Waals surface area (Å²) in [5.74, 6) is 1.05. The molecule has 0 bridgehead atoms. The third-order valence-corrected chi connectivity index (χ3v) is 7.39. The van der Waals surface area contributed by atoms with E-state index in [1.807, 2.05) is 11.3 Å². The Morgan fingerprint density at radius 2 is 2.10 bits per heavy atom. The van der Waals surface area contributed by atoms with Crippen LogP contribution in [0.3, 0.4) is 0 Å². The summed E-state index contributed by atoms with van der Waals surface area (Å²) in [6.45, 7) is 9.79. The van der Waals surface area contributed by atoms with Crippen molar-refractivity contribution in [2.45, 2.75) is 71.9 Å². The quantitative estimate of drug-likeness (QED) is 0.511. The Kier molecular flexibility index (Phi) is 8.16. The highest BCUT2D eigenvalue weighted by Crippen LogP contribution is 2.34. The predicted octanol–water partition coefficient (Wildman–Crippen LogP) is 5.70. The number of fused-ring (bicyclic) bond motifs is 1. The summed E-state index contributed by atoms with van der Waals surface area (Å²) in [7, 11) is 0. The fourth-order valence-electron chi connectivity index (χ4n) is 4.35. The van der Waals surface area contributed by atoms with Crippen molar-refractivity contribution < 1.29 is 9.84 Å². The van der Waals surface area contributed by atoms with E-state index in [1.165, 1.54) is 28.8 Å². The van der Waals surface area contributed by atoms with Gasteiger partial charge in [0, 0.05) is 29.5 Å². The summed E-state index contributed by atoms with van der Waals surface area (Å²) >= 11 is 1.86. The van der Waals surface area contributed by atoms with Gasteiger partial charge in [0.2, 0.25) is 0 Å². The van der Waals surface area contributed by atoms with Crippen LogP contribution >= 0.6 is 11.3 Å². The van der Waals surface area contributed by atoms with Gasteiger partial charge in [-0.3, -0.25) is 4.90 Å². The highest BCUT2D eigenvalue weighted by atomic mass is 32.1. The summed E-state index contributed by atoms with van der Waals surface area (Å²) in [6, 6.07) is 11.6. The Balaban J connectivity index is 1.69. The minimum Gasteiger partial charge on any atom is -0.493 e. The summed E-state index contributed by atoms with van der Waals surface area (Å²) in [5.41, 5.74) is 2.89. The summed E-state index contributed by atoms with van der Waals surface area (Å²) in [6.07, 6.45) is 6.39. The molecule has 0 radical (unpaired) electrons. The number of thiophene rings is 1. The van der Waals surface area contributed by atoms with Crippen molar-refractivity contribution in [2.75, 3.05) is 19.8 Å². The molecule has 0 fully saturated rings. The maximum absolute atomic E-state index is 9.38. The van der Waals surface area contributed by atoms with E-state index in [0.29, 0.717) is 12.6 Å². The SMILES string of the molecule is CCCN(Cc1cccs1)C1CCc2c(cccc2OCC(C)(CC)CCO)C1.